The first-order valence-electron chi connectivity index (χ1n) is 4.62. The predicted molar refractivity (Wildman–Crippen MR) is 49.9 cm³/mol. The van der Waals surface area contributed by atoms with Crippen LogP contribution < -0.4 is 0 Å². The molecular formula is C11H14O. The molecule has 0 fully saturated rings. The second-order valence-corrected chi connectivity index (χ2v) is 3.39. The van der Waals surface area contributed by atoms with E-state index in [2.05, 4.69) is 12.1 Å². The van der Waals surface area contributed by atoms with Gasteiger partial charge in [-0.1, -0.05) is 6.08 Å². The Bertz CT molecular complexity index is 294. The molecule has 1 aliphatic rings. The zero-order valence-corrected chi connectivity index (χ0v) is 7.47. The van der Waals surface area contributed by atoms with Gasteiger partial charge in [0.15, 0.2) is 0 Å². The van der Waals surface area contributed by atoms with Crippen LogP contribution in [0.4, 0.5) is 0 Å². The molecule has 0 radical (unpaired) electrons. The number of furan rings is 1. The lowest BCUT2D eigenvalue weighted by molar-refractivity contribution is 0.516. The summed E-state index contributed by atoms with van der Waals surface area (Å²) < 4.78 is 5.55. The Morgan fingerprint density at radius 2 is 2.17 bits per heavy atom. The average molecular weight is 162 g/mol. The molecule has 1 nitrogen and oxygen atoms in total. The third kappa shape index (κ3) is 1.45. The molecule has 0 unspecified atom stereocenters. The molecule has 0 atom stereocenters. The van der Waals surface area contributed by atoms with Gasteiger partial charge in [0, 0.05) is 0 Å². The summed E-state index contributed by atoms with van der Waals surface area (Å²) in [6.45, 7) is 1.99. The maximum absolute atomic E-state index is 5.55. The van der Waals surface area contributed by atoms with Gasteiger partial charge >= 0.3 is 0 Å². The number of rotatable bonds is 1. The van der Waals surface area contributed by atoms with Gasteiger partial charge < -0.3 is 4.42 Å². The number of allylic oxidation sites excluding steroid dienone is 2. The van der Waals surface area contributed by atoms with Gasteiger partial charge in [0.25, 0.3) is 0 Å². The molecule has 1 heterocycles. The Morgan fingerprint density at radius 1 is 1.25 bits per heavy atom. The standard InChI is InChI=1S/C11H14O/c1-9-7-8-11(12-9)10-5-3-2-4-6-10/h5,7-8H,2-4,6H2,1H3. The van der Waals surface area contributed by atoms with Gasteiger partial charge in [-0.3, -0.25) is 0 Å². The van der Waals surface area contributed by atoms with Gasteiger partial charge in [-0.15, -0.1) is 0 Å². The third-order valence-electron chi connectivity index (χ3n) is 2.35. The summed E-state index contributed by atoms with van der Waals surface area (Å²) in [5.74, 6) is 2.09. The highest BCUT2D eigenvalue weighted by Gasteiger charge is 2.08. The molecule has 0 saturated carbocycles. The molecule has 0 N–H and O–H groups in total. The smallest absolute Gasteiger partial charge is 0.129 e. The van der Waals surface area contributed by atoms with Gasteiger partial charge in [0.2, 0.25) is 0 Å². The highest BCUT2D eigenvalue weighted by Crippen LogP contribution is 2.27. The van der Waals surface area contributed by atoms with Crippen LogP contribution in [0.1, 0.15) is 37.2 Å². The van der Waals surface area contributed by atoms with E-state index in [0.717, 1.165) is 11.5 Å². The first-order chi connectivity index (χ1) is 5.86. The van der Waals surface area contributed by atoms with Crippen LogP contribution in [0.15, 0.2) is 22.6 Å². The highest BCUT2D eigenvalue weighted by atomic mass is 16.3. The minimum atomic E-state index is 1.01. The summed E-state index contributed by atoms with van der Waals surface area (Å²) in [4.78, 5) is 0. The van der Waals surface area contributed by atoms with E-state index >= 15 is 0 Å². The van der Waals surface area contributed by atoms with E-state index in [0.29, 0.717) is 0 Å². The molecule has 12 heavy (non-hydrogen) atoms. The fourth-order valence-corrected chi connectivity index (χ4v) is 1.67. The van der Waals surface area contributed by atoms with Gasteiger partial charge in [0.1, 0.15) is 11.5 Å². The fraction of sp³-hybridized carbons (Fsp3) is 0.455. The number of hydrogen-bond acceptors (Lipinski definition) is 1. The topological polar surface area (TPSA) is 13.1 Å². The zero-order valence-electron chi connectivity index (χ0n) is 7.47. The van der Waals surface area contributed by atoms with Crippen LogP contribution in [0.2, 0.25) is 0 Å². The van der Waals surface area contributed by atoms with E-state index in [-0.39, 0.29) is 0 Å². The van der Waals surface area contributed by atoms with Crippen molar-refractivity contribution < 1.29 is 4.42 Å². The first kappa shape index (κ1) is 7.66. The summed E-state index contributed by atoms with van der Waals surface area (Å²) in [6.07, 6.45) is 7.36. The second-order valence-electron chi connectivity index (χ2n) is 3.39. The van der Waals surface area contributed by atoms with Crippen molar-refractivity contribution in [2.45, 2.75) is 32.6 Å². The van der Waals surface area contributed by atoms with Crippen LogP contribution in [0, 0.1) is 6.92 Å². The van der Waals surface area contributed by atoms with Crippen LogP contribution in [0.3, 0.4) is 0 Å². The Morgan fingerprint density at radius 3 is 2.75 bits per heavy atom. The van der Waals surface area contributed by atoms with E-state index < -0.39 is 0 Å². The predicted octanol–water partition coefficient (Wildman–Crippen LogP) is 3.55. The SMILES string of the molecule is Cc1ccc(C2=CCCCC2)o1. The Hall–Kier alpha value is -0.980. The highest BCUT2D eigenvalue weighted by molar-refractivity contribution is 5.62. The Kier molecular flexibility index (Phi) is 2.03. The quantitative estimate of drug-likeness (QED) is 0.615. The molecule has 1 heteroatoms. The Labute approximate surface area is 73.1 Å². The monoisotopic (exact) mass is 162 g/mol. The molecule has 1 aliphatic carbocycles. The zero-order chi connectivity index (χ0) is 8.39. The van der Waals surface area contributed by atoms with Gasteiger partial charge in [-0.05, 0) is 50.3 Å². The van der Waals surface area contributed by atoms with Crippen LogP contribution in [0.25, 0.3) is 5.57 Å². The molecule has 0 saturated heterocycles. The minimum Gasteiger partial charge on any atom is -0.462 e. The molecule has 0 amide bonds. The average Bonchev–Trinajstić information content (AvgIpc) is 2.54. The van der Waals surface area contributed by atoms with Crippen molar-refractivity contribution in [1.82, 2.24) is 0 Å². The van der Waals surface area contributed by atoms with Crippen molar-refractivity contribution >= 4 is 5.57 Å². The van der Waals surface area contributed by atoms with Crippen LogP contribution in [0.5, 0.6) is 0 Å². The molecule has 0 bridgehead atoms. The lowest BCUT2D eigenvalue weighted by Gasteiger charge is -2.09. The lowest BCUT2D eigenvalue weighted by Crippen LogP contribution is -1.89. The molecule has 0 aromatic carbocycles. The maximum atomic E-state index is 5.55. The number of hydrogen-bond donors (Lipinski definition) is 0. The van der Waals surface area contributed by atoms with Crippen LogP contribution >= 0.6 is 0 Å². The molecule has 0 aliphatic heterocycles. The van der Waals surface area contributed by atoms with Crippen LogP contribution in [-0.2, 0) is 0 Å². The van der Waals surface area contributed by atoms with Crippen molar-refractivity contribution in [2.24, 2.45) is 0 Å². The fourth-order valence-electron chi connectivity index (χ4n) is 1.67. The second kappa shape index (κ2) is 3.18. The molecule has 0 spiro atoms. The maximum Gasteiger partial charge on any atom is 0.129 e. The molecule has 1 aromatic rings. The van der Waals surface area contributed by atoms with E-state index in [4.69, 9.17) is 4.42 Å². The van der Waals surface area contributed by atoms with Gasteiger partial charge in [-0.2, -0.15) is 0 Å². The van der Waals surface area contributed by atoms with E-state index in [9.17, 15) is 0 Å². The molecule has 1 aromatic heterocycles. The van der Waals surface area contributed by atoms with E-state index in [1.165, 1.54) is 31.3 Å². The molecule has 2 rings (SSSR count). The van der Waals surface area contributed by atoms with Crippen molar-refractivity contribution in [3.8, 4) is 0 Å². The van der Waals surface area contributed by atoms with E-state index in [1.54, 1.807) is 0 Å². The van der Waals surface area contributed by atoms with Crippen molar-refractivity contribution in [1.29, 1.82) is 0 Å². The Balaban J connectivity index is 2.23. The van der Waals surface area contributed by atoms with Crippen LogP contribution in [-0.4, -0.2) is 0 Å². The summed E-state index contributed by atoms with van der Waals surface area (Å²) in [7, 11) is 0. The summed E-state index contributed by atoms with van der Waals surface area (Å²) in [6, 6.07) is 4.11. The summed E-state index contributed by atoms with van der Waals surface area (Å²) in [5, 5.41) is 0. The third-order valence-corrected chi connectivity index (χ3v) is 2.35. The van der Waals surface area contributed by atoms with Crippen molar-refractivity contribution in [2.75, 3.05) is 0 Å². The molecular weight excluding hydrogens is 148 g/mol. The van der Waals surface area contributed by atoms with Crippen molar-refractivity contribution in [3.63, 3.8) is 0 Å². The van der Waals surface area contributed by atoms with Crippen molar-refractivity contribution in [3.05, 3.63) is 29.7 Å². The normalized spacial score (nSPS) is 17.6. The minimum absolute atomic E-state index is 1.01. The lowest BCUT2D eigenvalue weighted by atomic mass is 9.98. The van der Waals surface area contributed by atoms with Gasteiger partial charge in [0.05, 0.1) is 0 Å². The summed E-state index contributed by atoms with van der Waals surface area (Å²) in [5.41, 5.74) is 1.40. The largest absolute Gasteiger partial charge is 0.462 e. The first-order valence-corrected chi connectivity index (χ1v) is 4.62. The summed E-state index contributed by atoms with van der Waals surface area (Å²) >= 11 is 0. The van der Waals surface area contributed by atoms with Gasteiger partial charge in [-0.25, -0.2) is 0 Å². The number of aryl methyl sites for hydroxylation is 1. The van der Waals surface area contributed by atoms with E-state index in [1.807, 2.05) is 13.0 Å². The molecule has 64 valence electrons.